The average molecular weight is 453 g/mol. The molecule has 1 aromatic heterocycles. The Kier molecular flexibility index (Phi) is 5.68. The number of hydrogen-bond acceptors (Lipinski definition) is 5. The molecule has 6 nitrogen and oxygen atoms in total. The lowest BCUT2D eigenvalue weighted by Gasteiger charge is -2.45. The molecule has 6 heteroatoms. The van der Waals surface area contributed by atoms with Gasteiger partial charge in [0.15, 0.2) is 0 Å². The molecule has 2 fully saturated rings. The van der Waals surface area contributed by atoms with Crippen molar-refractivity contribution < 1.29 is 9.53 Å². The Bertz CT molecular complexity index is 1260. The molecule has 2 aliphatic rings. The molecule has 172 valence electrons. The Morgan fingerprint density at radius 2 is 1.76 bits per heavy atom. The maximum absolute atomic E-state index is 13.0. The molecule has 1 aliphatic carbocycles. The SMILES string of the molecule is CC(C)(c1ccccc1)N1CCOC1(C(N)=O)c1cccc(C#Cc2cnc(C3CC3)nc2)c1. The van der Waals surface area contributed by atoms with Crippen molar-refractivity contribution >= 4 is 5.91 Å². The van der Waals surface area contributed by atoms with Crippen LogP contribution in [-0.2, 0) is 20.8 Å². The third-order valence-corrected chi connectivity index (χ3v) is 6.71. The molecular formula is C28H28N4O2. The molecule has 1 saturated heterocycles. The van der Waals surface area contributed by atoms with Crippen LogP contribution in [0.4, 0.5) is 0 Å². The van der Waals surface area contributed by atoms with E-state index in [2.05, 4.69) is 52.7 Å². The third-order valence-electron chi connectivity index (χ3n) is 6.71. The van der Waals surface area contributed by atoms with Crippen molar-refractivity contribution in [3.63, 3.8) is 0 Å². The van der Waals surface area contributed by atoms with E-state index in [4.69, 9.17) is 10.5 Å². The summed E-state index contributed by atoms with van der Waals surface area (Å²) >= 11 is 0. The number of primary amides is 1. The number of carbonyl (C=O) groups is 1. The second-order valence-electron chi connectivity index (χ2n) is 9.37. The van der Waals surface area contributed by atoms with Crippen LogP contribution in [-0.4, -0.2) is 33.9 Å². The Morgan fingerprint density at radius 3 is 2.44 bits per heavy atom. The molecule has 5 rings (SSSR count). The highest BCUT2D eigenvalue weighted by atomic mass is 16.5. The number of ether oxygens (including phenoxy) is 1. The standard InChI is InChI=1S/C28H28N4O2/c1-27(2,23-8-4-3-5-9-23)32-15-16-34-28(32,26(29)33)24-10-6-7-20(17-24)11-12-21-18-30-25(31-19-21)22-13-14-22/h3-10,17-19,22H,13-16H2,1-2H3,(H2,29,33). The first kappa shape index (κ1) is 22.3. The number of benzene rings is 2. The normalized spacial score (nSPS) is 20.5. The fourth-order valence-electron chi connectivity index (χ4n) is 4.69. The minimum absolute atomic E-state index is 0.403. The van der Waals surface area contributed by atoms with Gasteiger partial charge in [-0.3, -0.25) is 9.69 Å². The van der Waals surface area contributed by atoms with Crippen molar-refractivity contribution in [1.29, 1.82) is 0 Å². The van der Waals surface area contributed by atoms with E-state index in [0.717, 1.165) is 22.5 Å². The van der Waals surface area contributed by atoms with Crippen LogP contribution in [0.5, 0.6) is 0 Å². The maximum Gasteiger partial charge on any atom is 0.270 e. The van der Waals surface area contributed by atoms with Crippen LogP contribution < -0.4 is 5.73 Å². The average Bonchev–Trinajstić information content (AvgIpc) is 3.60. The number of hydrogen-bond donors (Lipinski definition) is 1. The zero-order chi connectivity index (χ0) is 23.8. The van der Waals surface area contributed by atoms with Gasteiger partial charge in [0.1, 0.15) is 5.82 Å². The minimum atomic E-state index is -1.38. The Balaban J connectivity index is 1.49. The maximum atomic E-state index is 13.0. The Labute approximate surface area is 200 Å². The van der Waals surface area contributed by atoms with Crippen LogP contribution in [0.25, 0.3) is 0 Å². The first-order valence-electron chi connectivity index (χ1n) is 11.6. The molecule has 3 aromatic rings. The van der Waals surface area contributed by atoms with E-state index < -0.39 is 17.2 Å². The fraction of sp³-hybridized carbons (Fsp3) is 0.321. The first-order valence-corrected chi connectivity index (χ1v) is 11.6. The highest BCUT2D eigenvalue weighted by Crippen LogP contribution is 2.43. The van der Waals surface area contributed by atoms with E-state index >= 15 is 0 Å². The number of amides is 1. The van der Waals surface area contributed by atoms with Crippen LogP contribution in [0, 0.1) is 11.8 Å². The topological polar surface area (TPSA) is 81.3 Å². The van der Waals surface area contributed by atoms with Gasteiger partial charge < -0.3 is 10.5 Å². The summed E-state index contributed by atoms with van der Waals surface area (Å²) in [5.41, 5.74) is 7.43. The van der Waals surface area contributed by atoms with E-state index in [1.807, 2.05) is 42.5 Å². The van der Waals surface area contributed by atoms with E-state index in [-0.39, 0.29) is 0 Å². The monoisotopic (exact) mass is 452 g/mol. The predicted molar refractivity (Wildman–Crippen MR) is 129 cm³/mol. The van der Waals surface area contributed by atoms with Gasteiger partial charge in [-0.05, 0) is 44.4 Å². The molecule has 0 bridgehead atoms. The summed E-state index contributed by atoms with van der Waals surface area (Å²) in [5, 5.41) is 0. The Morgan fingerprint density at radius 1 is 1.06 bits per heavy atom. The van der Waals surface area contributed by atoms with Gasteiger partial charge in [-0.15, -0.1) is 0 Å². The second-order valence-corrected chi connectivity index (χ2v) is 9.37. The highest BCUT2D eigenvalue weighted by molar-refractivity contribution is 5.85. The van der Waals surface area contributed by atoms with Crippen molar-refractivity contribution in [1.82, 2.24) is 14.9 Å². The van der Waals surface area contributed by atoms with E-state index in [1.165, 1.54) is 12.8 Å². The largest absolute Gasteiger partial charge is 0.366 e. The predicted octanol–water partition coefficient (Wildman–Crippen LogP) is 3.66. The highest BCUT2D eigenvalue weighted by Gasteiger charge is 2.55. The summed E-state index contributed by atoms with van der Waals surface area (Å²) in [7, 11) is 0. The summed E-state index contributed by atoms with van der Waals surface area (Å²) < 4.78 is 6.15. The number of nitrogens with zero attached hydrogens (tertiary/aromatic N) is 3. The van der Waals surface area contributed by atoms with Gasteiger partial charge in [-0.1, -0.05) is 54.3 Å². The summed E-state index contributed by atoms with van der Waals surface area (Å²) in [5.74, 6) is 7.18. The Hall–Kier alpha value is -3.53. The quantitative estimate of drug-likeness (QED) is 0.598. The summed E-state index contributed by atoms with van der Waals surface area (Å²) in [6.45, 7) is 5.15. The van der Waals surface area contributed by atoms with E-state index in [1.54, 1.807) is 12.4 Å². The molecule has 0 radical (unpaired) electrons. The van der Waals surface area contributed by atoms with Gasteiger partial charge in [0.05, 0.1) is 12.2 Å². The van der Waals surface area contributed by atoms with Crippen LogP contribution in [0.2, 0.25) is 0 Å². The lowest BCUT2D eigenvalue weighted by Crippen LogP contribution is -2.58. The number of carbonyl (C=O) groups excluding carboxylic acids is 1. The summed E-state index contributed by atoms with van der Waals surface area (Å²) in [6, 6.07) is 17.6. The van der Waals surface area contributed by atoms with E-state index in [9.17, 15) is 4.79 Å². The van der Waals surface area contributed by atoms with Crippen molar-refractivity contribution in [3.8, 4) is 11.8 Å². The van der Waals surface area contributed by atoms with Crippen molar-refractivity contribution in [2.75, 3.05) is 13.2 Å². The van der Waals surface area contributed by atoms with Gasteiger partial charge in [0.2, 0.25) is 5.72 Å². The first-order chi connectivity index (χ1) is 16.4. The molecule has 0 spiro atoms. The number of nitrogens with two attached hydrogens (primary N) is 1. The van der Waals surface area contributed by atoms with Gasteiger partial charge in [-0.2, -0.15) is 0 Å². The molecule has 1 amide bonds. The zero-order valence-electron chi connectivity index (χ0n) is 19.5. The molecule has 1 aliphatic heterocycles. The number of rotatable bonds is 5. The van der Waals surface area contributed by atoms with Crippen LogP contribution >= 0.6 is 0 Å². The molecule has 34 heavy (non-hydrogen) atoms. The molecule has 1 atom stereocenters. The van der Waals surface area contributed by atoms with Crippen molar-refractivity contribution in [2.24, 2.45) is 5.73 Å². The molecular weight excluding hydrogens is 424 g/mol. The second kappa shape index (κ2) is 8.68. The van der Waals surface area contributed by atoms with Crippen molar-refractivity contribution in [2.45, 2.75) is 43.9 Å². The molecule has 2 aromatic carbocycles. The van der Waals surface area contributed by atoms with Crippen LogP contribution in [0.15, 0.2) is 67.0 Å². The fourth-order valence-corrected chi connectivity index (χ4v) is 4.69. The summed E-state index contributed by atoms with van der Waals surface area (Å²) in [6.07, 6.45) is 5.87. The van der Waals surface area contributed by atoms with Gasteiger partial charge in [0.25, 0.3) is 5.91 Å². The molecule has 1 saturated carbocycles. The van der Waals surface area contributed by atoms with Crippen molar-refractivity contribution in [3.05, 3.63) is 95.1 Å². The lowest BCUT2D eigenvalue weighted by atomic mass is 9.87. The smallest absolute Gasteiger partial charge is 0.270 e. The minimum Gasteiger partial charge on any atom is -0.366 e. The van der Waals surface area contributed by atoms with E-state index in [0.29, 0.717) is 24.6 Å². The molecule has 2 heterocycles. The third kappa shape index (κ3) is 3.98. The molecule has 2 N–H and O–H groups in total. The molecule has 1 unspecified atom stereocenters. The zero-order valence-corrected chi connectivity index (χ0v) is 19.5. The lowest BCUT2D eigenvalue weighted by molar-refractivity contribution is -0.166. The summed E-state index contributed by atoms with van der Waals surface area (Å²) in [4.78, 5) is 23.9. The van der Waals surface area contributed by atoms with Gasteiger partial charge in [-0.25, -0.2) is 9.97 Å². The van der Waals surface area contributed by atoms with Gasteiger partial charge >= 0.3 is 0 Å². The van der Waals surface area contributed by atoms with Gasteiger partial charge in [0, 0.05) is 41.5 Å². The van der Waals surface area contributed by atoms with Crippen LogP contribution in [0.1, 0.15) is 60.7 Å². The number of aromatic nitrogens is 2. The van der Waals surface area contributed by atoms with Crippen LogP contribution in [0.3, 0.4) is 0 Å².